The molecule has 0 heterocycles. The van der Waals surface area contributed by atoms with E-state index < -0.39 is 18.2 Å². The zero-order valence-electron chi connectivity index (χ0n) is 18.5. The molecule has 0 aliphatic heterocycles. The van der Waals surface area contributed by atoms with Crippen molar-refractivity contribution in [3.05, 3.63) is 47.5 Å². The maximum atomic E-state index is 11.0. The number of benzene rings is 1. The first-order valence-corrected chi connectivity index (χ1v) is 12.3. The van der Waals surface area contributed by atoms with E-state index in [0.29, 0.717) is 12.8 Å². The highest BCUT2D eigenvalue weighted by molar-refractivity contribution is 6.21. The molecule has 31 heavy (non-hydrogen) atoms. The standard InChI is InChI=1S/C26H37ClO4/c1-2-14-26(15-7-16-26)25(31)19-12-10-18(11-13-19)24-20(21(27)17-22(24)28)8-5-3-4-6-9-23(29)30/h3,5,10-13,20-22,24-25,28,31H,2,4,6-9,14-17H2,1H3,(H,29,30)/t20-,21+,22+,24+,25?/m0/s1. The number of rotatable bonds is 11. The van der Waals surface area contributed by atoms with Gasteiger partial charge in [0.1, 0.15) is 0 Å². The molecule has 5 heteroatoms. The lowest BCUT2D eigenvalue weighted by molar-refractivity contribution is -0.137. The predicted molar refractivity (Wildman–Crippen MR) is 124 cm³/mol. The van der Waals surface area contributed by atoms with Gasteiger partial charge in [0, 0.05) is 23.1 Å². The summed E-state index contributed by atoms with van der Waals surface area (Å²) in [4.78, 5) is 10.6. The SMILES string of the molecule is CCCC1(C(O)c2ccc([C@@H]3[C@@H](CC=CCCCC(=O)O)[C@H](Cl)C[C@H]3O)cc2)CCC1. The second-order valence-corrected chi connectivity index (χ2v) is 10.1. The van der Waals surface area contributed by atoms with Gasteiger partial charge in [-0.1, -0.05) is 56.2 Å². The molecule has 0 aromatic heterocycles. The summed E-state index contributed by atoms with van der Waals surface area (Å²) >= 11 is 6.59. The molecule has 1 unspecified atom stereocenters. The largest absolute Gasteiger partial charge is 0.481 e. The van der Waals surface area contributed by atoms with Gasteiger partial charge < -0.3 is 15.3 Å². The molecule has 0 bridgehead atoms. The molecular weight excluding hydrogens is 412 g/mol. The van der Waals surface area contributed by atoms with Gasteiger partial charge in [-0.05, 0) is 62.0 Å². The Morgan fingerprint density at radius 3 is 2.55 bits per heavy atom. The van der Waals surface area contributed by atoms with Crippen molar-refractivity contribution in [3.63, 3.8) is 0 Å². The second-order valence-electron chi connectivity index (χ2n) is 9.54. The first-order chi connectivity index (χ1) is 14.9. The molecule has 0 spiro atoms. The summed E-state index contributed by atoms with van der Waals surface area (Å²) in [5, 5.41) is 30.4. The fourth-order valence-electron chi connectivity index (χ4n) is 5.61. The lowest BCUT2D eigenvalue weighted by atomic mass is 9.61. The average Bonchev–Trinajstić information content (AvgIpc) is 2.99. The third-order valence-electron chi connectivity index (χ3n) is 7.46. The van der Waals surface area contributed by atoms with Gasteiger partial charge in [0.15, 0.2) is 0 Å². The Morgan fingerprint density at radius 1 is 1.26 bits per heavy atom. The summed E-state index contributed by atoms with van der Waals surface area (Å²) < 4.78 is 0. The third kappa shape index (κ3) is 5.71. The van der Waals surface area contributed by atoms with Crippen LogP contribution in [0.1, 0.15) is 94.3 Å². The van der Waals surface area contributed by atoms with Crippen molar-refractivity contribution in [2.75, 3.05) is 0 Å². The van der Waals surface area contributed by atoms with Crippen molar-refractivity contribution in [2.24, 2.45) is 11.3 Å². The Balaban J connectivity index is 1.65. The summed E-state index contributed by atoms with van der Waals surface area (Å²) in [5.41, 5.74) is 2.09. The van der Waals surface area contributed by atoms with Crippen molar-refractivity contribution in [1.29, 1.82) is 0 Å². The van der Waals surface area contributed by atoms with Gasteiger partial charge in [-0.25, -0.2) is 0 Å². The number of hydrogen-bond acceptors (Lipinski definition) is 3. The molecule has 3 rings (SSSR count). The van der Waals surface area contributed by atoms with Crippen LogP contribution in [0.25, 0.3) is 0 Å². The number of carbonyl (C=O) groups is 1. The number of unbranched alkanes of at least 4 members (excludes halogenated alkanes) is 1. The molecule has 0 saturated heterocycles. The molecule has 1 aromatic carbocycles. The summed E-state index contributed by atoms with van der Waals surface area (Å²) in [6, 6.07) is 8.18. The molecule has 2 aliphatic rings. The minimum Gasteiger partial charge on any atom is -0.481 e. The molecule has 2 fully saturated rings. The molecule has 2 saturated carbocycles. The molecule has 172 valence electrons. The van der Waals surface area contributed by atoms with E-state index in [1.165, 1.54) is 6.42 Å². The Labute approximate surface area is 191 Å². The Kier molecular flexibility index (Phi) is 8.60. The van der Waals surface area contributed by atoms with E-state index in [4.69, 9.17) is 16.7 Å². The van der Waals surface area contributed by atoms with Gasteiger partial charge in [-0.2, -0.15) is 0 Å². The number of alkyl halides is 1. The lowest BCUT2D eigenvalue weighted by Gasteiger charge is -2.46. The Morgan fingerprint density at radius 2 is 1.97 bits per heavy atom. The van der Waals surface area contributed by atoms with E-state index >= 15 is 0 Å². The van der Waals surface area contributed by atoms with Gasteiger partial charge in [0.05, 0.1) is 12.2 Å². The summed E-state index contributed by atoms with van der Waals surface area (Å²) in [5.74, 6) is -0.647. The molecule has 4 nitrogen and oxygen atoms in total. The number of hydrogen-bond donors (Lipinski definition) is 3. The monoisotopic (exact) mass is 448 g/mol. The van der Waals surface area contributed by atoms with Crippen LogP contribution in [0, 0.1) is 11.3 Å². The van der Waals surface area contributed by atoms with E-state index in [0.717, 1.165) is 49.7 Å². The van der Waals surface area contributed by atoms with Crippen molar-refractivity contribution >= 4 is 17.6 Å². The van der Waals surface area contributed by atoms with Gasteiger partial charge in [0.2, 0.25) is 0 Å². The molecular formula is C26H37ClO4. The Bertz CT molecular complexity index is 740. The zero-order chi connectivity index (χ0) is 22.4. The topological polar surface area (TPSA) is 77.8 Å². The number of aliphatic hydroxyl groups is 2. The molecule has 3 N–H and O–H groups in total. The van der Waals surface area contributed by atoms with Crippen molar-refractivity contribution in [1.82, 2.24) is 0 Å². The smallest absolute Gasteiger partial charge is 0.303 e. The van der Waals surface area contributed by atoms with Gasteiger partial charge in [0.25, 0.3) is 0 Å². The van der Waals surface area contributed by atoms with Crippen LogP contribution in [0.4, 0.5) is 0 Å². The van der Waals surface area contributed by atoms with Crippen LogP contribution in [0.15, 0.2) is 36.4 Å². The molecule has 5 atom stereocenters. The van der Waals surface area contributed by atoms with Crippen molar-refractivity contribution in [2.45, 2.75) is 94.6 Å². The minimum atomic E-state index is -0.764. The molecule has 2 aliphatic carbocycles. The van der Waals surface area contributed by atoms with Gasteiger partial charge >= 0.3 is 5.97 Å². The fraction of sp³-hybridized carbons (Fsp3) is 0.654. The van der Waals surface area contributed by atoms with Crippen LogP contribution in [0.3, 0.4) is 0 Å². The van der Waals surface area contributed by atoms with E-state index in [9.17, 15) is 15.0 Å². The maximum absolute atomic E-state index is 11.0. The van der Waals surface area contributed by atoms with Crippen LogP contribution in [0.5, 0.6) is 0 Å². The van der Waals surface area contributed by atoms with Gasteiger partial charge in [-0.15, -0.1) is 11.6 Å². The molecule has 1 aromatic rings. The predicted octanol–water partition coefficient (Wildman–Crippen LogP) is 5.96. The highest BCUT2D eigenvalue weighted by Crippen LogP contribution is 2.53. The van der Waals surface area contributed by atoms with E-state index in [1.807, 2.05) is 18.2 Å². The highest BCUT2D eigenvalue weighted by Gasteiger charge is 2.44. The number of carboxylic acid groups (broad SMARTS) is 1. The molecule has 0 amide bonds. The van der Waals surface area contributed by atoms with Crippen LogP contribution < -0.4 is 0 Å². The highest BCUT2D eigenvalue weighted by atomic mass is 35.5. The van der Waals surface area contributed by atoms with Gasteiger partial charge in [-0.3, -0.25) is 4.79 Å². The van der Waals surface area contributed by atoms with E-state index in [-0.39, 0.29) is 29.0 Å². The fourth-order valence-corrected chi connectivity index (χ4v) is 6.05. The van der Waals surface area contributed by atoms with Crippen LogP contribution in [-0.4, -0.2) is 32.8 Å². The normalized spacial score (nSPS) is 28.5. The average molecular weight is 449 g/mol. The minimum absolute atomic E-state index is 0.0225. The van der Waals surface area contributed by atoms with E-state index in [1.54, 1.807) is 0 Å². The Hall–Kier alpha value is -1.36. The van der Waals surface area contributed by atoms with Crippen LogP contribution in [-0.2, 0) is 4.79 Å². The summed E-state index contributed by atoms with van der Waals surface area (Å²) in [6.07, 6.45) is 11.7. The second kappa shape index (κ2) is 11.0. The number of halogens is 1. The maximum Gasteiger partial charge on any atom is 0.303 e. The summed E-state index contributed by atoms with van der Waals surface area (Å²) in [7, 11) is 0. The third-order valence-corrected chi connectivity index (χ3v) is 7.96. The number of aliphatic hydroxyl groups excluding tert-OH is 2. The number of carboxylic acids is 1. The number of aliphatic carboxylic acids is 1. The van der Waals surface area contributed by atoms with Crippen molar-refractivity contribution < 1.29 is 20.1 Å². The number of allylic oxidation sites excluding steroid dienone is 2. The quantitative estimate of drug-likeness (QED) is 0.221. The van der Waals surface area contributed by atoms with Crippen LogP contribution in [0.2, 0.25) is 0 Å². The lowest BCUT2D eigenvalue weighted by Crippen LogP contribution is -2.36. The van der Waals surface area contributed by atoms with E-state index in [2.05, 4.69) is 25.1 Å². The zero-order valence-corrected chi connectivity index (χ0v) is 19.3. The molecule has 0 radical (unpaired) electrons. The van der Waals surface area contributed by atoms with Crippen molar-refractivity contribution in [3.8, 4) is 0 Å². The van der Waals surface area contributed by atoms with Crippen LogP contribution >= 0.6 is 11.6 Å². The summed E-state index contributed by atoms with van der Waals surface area (Å²) in [6.45, 7) is 2.18. The first kappa shape index (κ1) is 24.3. The first-order valence-electron chi connectivity index (χ1n) is 11.8.